The number of nitrogens with zero attached hydrogens (tertiary/aromatic N) is 1. The monoisotopic (exact) mass is 235 g/mol. The first kappa shape index (κ1) is 13.4. The number of rotatable bonds is 1. The number of carbonyl (C=O) groups is 1. The van der Waals surface area contributed by atoms with E-state index in [1.54, 1.807) is 0 Å². The molecule has 0 aromatic rings. The molecule has 1 aliphatic carbocycles. The van der Waals surface area contributed by atoms with Crippen LogP contribution in [0.4, 0.5) is 12.9 Å². The van der Waals surface area contributed by atoms with E-state index in [1.807, 2.05) is 0 Å². The second-order valence-corrected chi connectivity index (χ2v) is 4.23. The number of amides is 1. The summed E-state index contributed by atoms with van der Waals surface area (Å²) in [6.45, 7) is 1.03. The van der Waals surface area contributed by atoms with E-state index in [0.29, 0.717) is 11.9 Å². The van der Waals surface area contributed by atoms with Crippen LogP contribution in [0.3, 0.4) is 0 Å². The van der Waals surface area contributed by atoms with Crippen LogP contribution in [0.1, 0.15) is 44.9 Å². The van der Waals surface area contributed by atoms with E-state index in [1.165, 1.54) is 32.1 Å². The number of halogens is 3. The Balaban J connectivity index is 0.000000280. The summed E-state index contributed by atoms with van der Waals surface area (Å²) in [5, 5.41) is 0. The van der Waals surface area contributed by atoms with Crippen LogP contribution in [0.25, 0.3) is 0 Å². The summed E-state index contributed by atoms with van der Waals surface area (Å²) in [7, 11) is -3.67. The van der Waals surface area contributed by atoms with E-state index >= 15 is 0 Å². The molecular formula is C10H17BF3NO. The van der Waals surface area contributed by atoms with Crippen molar-refractivity contribution in [2.24, 2.45) is 0 Å². The molecule has 1 saturated carbocycles. The van der Waals surface area contributed by atoms with Crippen LogP contribution >= 0.6 is 0 Å². The average molecular weight is 235 g/mol. The van der Waals surface area contributed by atoms with Gasteiger partial charge < -0.3 is 4.90 Å². The minimum atomic E-state index is -3.67. The van der Waals surface area contributed by atoms with Crippen molar-refractivity contribution in [3.05, 3.63) is 0 Å². The largest absolute Gasteiger partial charge is 0.762 e. The van der Waals surface area contributed by atoms with Gasteiger partial charge in [0.05, 0.1) is 0 Å². The molecule has 2 nitrogen and oxygen atoms in total. The SMILES string of the molecule is FB(F)F.O=C1CCCN1C1CCCCC1. The van der Waals surface area contributed by atoms with Crippen LogP contribution in [-0.4, -0.2) is 30.9 Å². The first-order valence-corrected chi connectivity index (χ1v) is 5.83. The quantitative estimate of drug-likeness (QED) is 0.640. The highest BCUT2D eigenvalue weighted by atomic mass is 19.4. The van der Waals surface area contributed by atoms with E-state index in [9.17, 15) is 17.7 Å². The number of likely N-dealkylation sites (tertiary alicyclic amines) is 1. The van der Waals surface area contributed by atoms with Gasteiger partial charge in [0.2, 0.25) is 5.91 Å². The maximum atomic E-state index is 11.4. The molecule has 1 amide bonds. The van der Waals surface area contributed by atoms with E-state index in [0.717, 1.165) is 19.4 Å². The summed E-state index contributed by atoms with van der Waals surface area (Å²) in [6, 6.07) is 0.605. The maximum Gasteiger partial charge on any atom is 0.762 e. The van der Waals surface area contributed by atoms with Crippen LogP contribution < -0.4 is 0 Å². The molecule has 2 fully saturated rings. The molecule has 0 atom stereocenters. The first-order valence-electron chi connectivity index (χ1n) is 5.83. The van der Waals surface area contributed by atoms with Crippen molar-refractivity contribution in [3.63, 3.8) is 0 Å². The lowest BCUT2D eigenvalue weighted by Crippen LogP contribution is -2.37. The smallest absolute Gasteiger partial charge is 0.340 e. The van der Waals surface area contributed by atoms with Crippen molar-refractivity contribution in [1.82, 2.24) is 4.90 Å². The van der Waals surface area contributed by atoms with E-state index in [2.05, 4.69) is 4.90 Å². The molecular weight excluding hydrogens is 218 g/mol. The van der Waals surface area contributed by atoms with Gasteiger partial charge in [-0.1, -0.05) is 19.3 Å². The highest BCUT2D eigenvalue weighted by molar-refractivity contribution is 6.33. The second-order valence-electron chi connectivity index (χ2n) is 4.23. The van der Waals surface area contributed by atoms with Crippen LogP contribution in [-0.2, 0) is 4.79 Å². The summed E-state index contributed by atoms with van der Waals surface area (Å²) in [6.07, 6.45) is 8.44. The van der Waals surface area contributed by atoms with Gasteiger partial charge in [-0.05, 0) is 19.3 Å². The molecule has 2 rings (SSSR count). The molecule has 0 radical (unpaired) electrons. The van der Waals surface area contributed by atoms with Gasteiger partial charge in [0, 0.05) is 19.0 Å². The third-order valence-electron chi connectivity index (χ3n) is 3.13. The molecule has 0 bridgehead atoms. The molecule has 16 heavy (non-hydrogen) atoms. The van der Waals surface area contributed by atoms with Crippen LogP contribution in [0.15, 0.2) is 0 Å². The Morgan fingerprint density at radius 1 is 1.06 bits per heavy atom. The summed E-state index contributed by atoms with van der Waals surface area (Å²) in [4.78, 5) is 13.5. The fraction of sp³-hybridized carbons (Fsp3) is 0.900. The van der Waals surface area contributed by atoms with Crippen molar-refractivity contribution in [1.29, 1.82) is 0 Å². The zero-order chi connectivity index (χ0) is 12.0. The van der Waals surface area contributed by atoms with Gasteiger partial charge in [-0.15, -0.1) is 0 Å². The molecule has 2 aliphatic rings. The molecule has 0 unspecified atom stereocenters. The summed E-state index contributed by atoms with van der Waals surface area (Å²) in [5.41, 5.74) is 0. The molecule has 0 aromatic heterocycles. The highest BCUT2D eigenvalue weighted by Gasteiger charge is 2.28. The number of carbonyl (C=O) groups excluding carboxylic acids is 1. The van der Waals surface area contributed by atoms with Gasteiger partial charge in [0.1, 0.15) is 0 Å². The first-order chi connectivity index (χ1) is 7.61. The fourth-order valence-corrected chi connectivity index (χ4v) is 2.45. The van der Waals surface area contributed by atoms with Crippen molar-refractivity contribution in [2.75, 3.05) is 6.54 Å². The van der Waals surface area contributed by atoms with Gasteiger partial charge in [0.15, 0.2) is 0 Å². The van der Waals surface area contributed by atoms with Gasteiger partial charge in [-0.25, -0.2) is 0 Å². The Hall–Kier alpha value is -0.675. The lowest BCUT2D eigenvalue weighted by Gasteiger charge is -2.30. The Bertz CT molecular complexity index is 219. The maximum absolute atomic E-state index is 11.4. The zero-order valence-corrected chi connectivity index (χ0v) is 9.30. The van der Waals surface area contributed by atoms with Gasteiger partial charge in [-0.2, -0.15) is 0 Å². The molecule has 0 spiro atoms. The van der Waals surface area contributed by atoms with Crippen molar-refractivity contribution >= 4 is 13.5 Å². The molecule has 0 N–H and O–H groups in total. The Labute approximate surface area is 94.4 Å². The van der Waals surface area contributed by atoms with Gasteiger partial charge >= 0.3 is 7.54 Å². The molecule has 0 aromatic carbocycles. The highest BCUT2D eigenvalue weighted by Crippen LogP contribution is 2.25. The Kier molecular flexibility index (Phi) is 5.70. The van der Waals surface area contributed by atoms with Gasteiger partial charge in [0.25, 0.3) is 0 Å². The molecule has 1 heterocycles. The Morgan fingerprint density at radius 2 is 1.62 bits per heavy atom. The van der Waals surface area contributed by atoms with E-state index in [4.69, 9.17) is 0 Å². The lowest BCUT2D eigenvalue weighted by atomic mass is 9.94. The minimum absolute atomic E-state index is 0.405. The predicted octanol–water partition coefficient (Wildman–Crippen LogP) is 2.82. The Morgan fingerprint density at radius 3 is 2.06 bits per heavy atom. The molecule has 92 valence electrons. The van der Waals surface area contributed by atoms with Crippen molar-refractivity contribution in [2.45, 2.75) is 51.0 Å². The summed E-state index contributed by atoms with van der Waals surface area (Å²) in [5.74, 6) is 0.405. The molecule has 6 heteroatoms. The third kappa shape index (κ3) is 4.45. The molecule has 1 saturated heterocycles. The second kappa shape index (κ2) is 6.81. The van der Waals surface area contributed by atoms with Crippen LogP contribution in [0, 0.1) is 0 Å². The standard InChI is InChI=1S/C10H17NO.BF3/c12-10-7-4-8-11(10)9-5-2-1-3-6-9;2-1(3)4/h9H,1-8H2;. The van der Waals surface area contributed by atoms with Crippen molar-refractivity contribution in [3.8, 4) is 0 Å². The van der Waals surface area contributed by atoms with Crippen LogP contribution in [0.2, 0.25) is 0 Å². The topological polar surface area (TPSA) is 20.3 Å². The van der Waals surface area contributed by atoms with E-state index < -0.39 is 7.54 Å². The third-order valence-corrected chi connectivity index (χ3v) is 3.13. The summed E-state index contributed by atoms with van der Waals surface area (Å²) >= 11 is 0. The summed E-state index contributed by atoms with van der Waals surface area (Å²) < 4.78 is 29.0. The average Bonchev–Trinajstić information content (AvgIpc) is 2.65. The number of hydrogen-bond donors (Lipinski definition) is 0. The predicted molar refractivity (Wildman–Crippen MR) is 56.9 cm³/mol. The minimum Gasteiger partial charge on any atom is -0.340 e. The number of hydrogen-bond acceptors (Lipinski definition) is 1. The fourth-order valence-electron chi connectivity index (χ4n) is 2.45. The van der Waals surface area contributed by atoms with E-state index in [-0.39, 0.29) is 0 Å². The normalized spacial score (nSPS) is 21.7. The van der Waals surface area contributed by atoms with Crippen molar-refractivity contribution < 1.29 is 17.7 Å². The zero-order valence-electron chi connectivity index (χ0n) is 9.30. The lowest BCUT2D eigenvalue weighted by molar-refractivity contribution is -0.130. The molecule has 1 aliphatic heterocycles. The van der Waals surface area contributed by atoms with Gasteiger partial charge in [-0.3, -0.25) is 17.7 Å². The van der Waals surface area contributed by atoms with Crippen LogP contribution in [0.5, 0.6) is 0 Å².